The number of nitrogens with one attached hydrogen (secondary N) is 3. The van der Waals surface area contributed by atoms with Gasteiger partial charge in [0.25, 0.3) is 11.8 Å². The zero-order chi connectivity index (χ0) is 16.2. The van der Waals surface area contributed by atoms with Crippen LogP contribution in [-0.4, -0.2) is 40.0 Å². The zero-order valence-corrected chi connectivity index (χ0v) is 12.4. The minimum atomic E-state index is -0.338. The van der Waals surface area contributed by atoms with Crippen molar-refractivity contribution >= 4 is 22.8 Å². The molecule has 0 bridgehead atoms. The van der Waals surface area contributed by atoms with E-state index in [0.29, 0.717) is 24.4 Å². The third kappa shape index (κ3) is 3.37. The third-order valence-corrected chi connectivity index (χ3v) is 3.24. The summed E-state index contributed by atoms with van der Waals surface area (Å²) in [5, 5.41) is 9.01. The number of aromatic amines is 1. The molecule has 1 aromatic carbocycles. The largest absolute Gasteiger partial charge is 0.361 e. The van der Waals surface area contributed by atoms with Crippen LogP contribution in [0.15, 0.2) is 35.1 Å². The Morgan fingerprint density at radius 2 is 1.96 bits per heavy atom. The second-order valence-corrected chi connectivity index (χ2v) is 4.97. The first-order valence-corrected chi connectivity index (χ1v) is 7.06. The molecule has 2 amide bonds. The number of aromatic nitrogens is 3. The van der Waals surface area contributed by atoms with Crippen molar-refractivity contribution in [2.75, 3.05) is 13.1 Å². The van der Waals surface area contributed by atoms with E-state index in [1.54, 1.807) is 37.5 Å². The number of nitrogens with zero attached hydrogens (tertiary/aromatic N) is 2. The van der Waals surface area contributed by atoms with Crippen LogP contribution in [0.5, 0.6) is 0 Å². The lowest BCUT2D eigenvalue weighted by Crippen LogP contribution is -2.34. The number of carbonyl (C=O) groups excluding carboxylic acids is 2. The van der Waals surface area contributed by atoms with Crippen molar-refractivity contribution in [1.82, 2.24) is 25.8 Å². The van der Waals surface area contributed by atoms with E-state index in [1.165, 1.54) is 0 Å². The Kier molecular flexibility index (Phi) is 4.05. The monoisotopic (exact) mass is 313 g/mol. The maximum absolute atomic E-state index is 12.0. The molecular formula is C15H15N5O3. The summed E-state index contributed by atoms with van der Waals surface area (Å²) in [5.74, 6) is 0.0145. The Balaban J connectivity index is 1.48. The average Bonchev–Trinajstić information content (AvgIpc) is 3.18. The number of H-pyrrole nitrogens is 1. The molecule has 2 aromatic heterocycles. The molecule has 0 saturated heterocycles. The molecule has 0 atom stereocenters. The Bertz CT molecular complexity index is 852. The van der Waals surface area contributed by atoms with Gasteiger partial charge in [-0.2, -0.15) is 0 Å². The highest BCUT2D eigenvalue weighted by molar-refractivity contribution is 5.97. The number of benzene rings is 1. The Labute approximate surface area is 131 Å². The van der Waals surface area contributed by atoms with E-state index >= 15 is 0 Å². The summed E-state index contributed by atoms with van der Waals surface area (Å²) in [6.07, 6.45) is 1.58. The van der Waals surface area contributed by atoms with Crippen molar-refractivity contribution < 1.29 is 14.1 Å². The van der Waals surface area contributed by atoms with Gasteiger partial charge < -0.3 is 20.1 Å². The molecule has 23 heavy (non-hydrogen) atoms. The fourth-order valence-electron chi connectivity index (χ4n) is 2.09. The lowest BCUT2D eigenvalue weighted by atomic mass is 10.2. The molecule has 8 nitrogen and oxygen atoms in total. The number of imidazole rings is 1. The molecule has 3 N–H and O–H groups in total. The van der Waals surface area contributed by atoms with Crippen LogP contribution in [0.1, 0.15) is 26.6 Å². The van der Waals surface area contributed by atoms with Gasteiger partial charge in [-0.1, -0.05) is 5.16 Å². The van der Waals surface area contributed by atoms with Gasteiger partial charge >= 0.3 is 0 Å². The topological polar surface area (TPSA) is 113 Å². The van der Waals surface area contributed by atoms with Crippen molar-refractivity contribution in [1.29, 1.82) is 0 Å². The first kappa shape index (κ1) is 14.8. The van der Waals surface area contributed by atoms with Crippen molar-refractivity contribution in [3.8, 4) is 0 Å². The smallest absolute Gasteiger partial charge is 0.273 e. The lowest BCUT2D eigenvalue weighted by molar-refractivity contribution is 0.0922. The minimum absolute atomic E-state index is 0.215. The van der Waals surface area contributed by atoms with Crippen LogP contribution in [0.3, 0.4) is 0 Å². The normalized spacial score (nSPS) is 10.7. The van der Waals surface area contributed by atoms with E-state index in [2.05, 4.69) is 25.8 Å². The number of amides is 2. The molecule has 0 aliphatic rings. The van der Waals surface area contributed by atoms with E-state index in [-0.39, 0.29) is 17.5 Å². The number of aryl methyl sites for hydroxylation is 1. The quantitative estimate of drug-likeness (QED) is 0.609. The molecule has 8 heteroatoms. The van der Waals surface area contributed by atoms with Gasteiger partial charge in [0, 0.05) is 24.7 Å². The summed E-state index contributed by atoms with van der Waals surface area (Å²) < 4.78 is 4.83. The number of rotatable bonds is 5. The summed E-state index contributed by atoms with van der Waals surface area (Å²) in [6, 6.07) is 6.76. The Hall–Kier alpha value is -3.16. The van der Waals surface area contributed by atoms with Crippen LogP contribution >= 0.6 is 0 Å². The second-order valence-electron chi connectivity index (χ2n) is 4.97. The molecule has 0 aliphatic heterocycles. The third-order valence-electron chi connectivity index (χ3n) is 3.24. The lowest BCUT2D eigenvalue weighted by Gasteiger charge is -2.06. The maximum atomic E-state index is 12.0. The molecule has 0 radical (unpaired) electrons. The molecule has 3 aromatic rings. The first-order valence-electron chi connectivity index (χ1n) is 7.06. The van der Waals surface area contributed by atoms with Crippen molar-refractivity contribution in [2.24, 2.45) is 0 Å². The Morgan fingerprint density at radius 3 is 2.70 bits per heavy atom. The highest BCUT2D eigenvalue weighted by Gasteiger charge is 2.10. The van der Waals surface area contributed by atoms with Gasteiger partial charge in [0.15, 0.2) is 5.69 Å². The molecular weight excluding hydrogens is 298 g/mol. The van der Waals surface area contributed by atoms with Gasteiger partial charge in [-0.05, 0) is 25.1 Å². The van der Waals surface area contributed by atoms with E-state index in [1.807, 2.05) is 0 Å². The van der Waals surface area contributed by atoms with Gasteiger partial charge in [-0.15, -0.1) is 0 Å². The van der Waals surface area contributed by atoms with Gasteiger partial charge in [0.1, 0.15) is 5.76 Å². The van der Waals surface area contributed by atoms with E-state index in [9.17, 15) is 9.59 Å². The number of carbonyl (C=O) groups is 2. The second kappa shape index (κ2) is 6.30. The van der Waals surface area contributed by atoms with E-state index in [0.717, 1.165) is 11.0 Å². The van der Waals surface area contributed by atoms with Gasteiger partial charge in [-0.3, -0.25) is 9.59 Å². The van der Waals surface area contributed by atoms with Crippen molar-refractivity contribution in [3.05, 3.63) is 47.6 Å². The van der Waals surface area contributed by atoms with Crippen LogP contribution in [-0.2, 0) is 0 Å². The average molecular weight is 313 g/mol. The van der Waals surface area contributed by atoms with Crippen LogP contribution in [0.25, 0.3) is 11.0 Å². The predicted molar refractivity (Wildman–Crippen MR) is 82.0 cm³/mol. The molecule has 0 aliphatic carbocycles. The SMILES string of the molecule is Cc1cc(C(=O)NCCNC(=O)c2ccc3nc[nH]c3c2)no1. The zero-order valence-electron chi connectivity index (χ0n) is 12.4. The molecule has 0 unspecified atom stereocenters. The minimum Gasteiger partial charge on any atom is -0.361 e. The molecule has 0 spiro atoms. The molecule has 0 saturated carbocycles. The summed E-state index contributed by atoms with van der Waals surface area (Å²) in [6.45, 7) is 2.31. The molecule has 3 rings (SSSR count). The maximum Gasteiger partial charge on any atom is 0.273 e. The molecule has 2 heterocycles. The van der Waals surface area contributed by atoms with Crippen LogP contribution in [0.2, 0.25) is 0 Å². The number of fused-ring (bicyclic) bond motifs is 1. The van der Waals surface area contributed by atoms with E-state index < -0.39 is 0 Å². The van der Waals surface area contributed by atoms with Crippen LogP contribution in [0, 0.1) is 6.92 Å². The van der Waals surface area contributed by atoms with E-state index in [4.69, 9.17) is 4.52 Å². The van der Waals surface area contributed by atoms with Crippen molar-refractivity contribution in [3.63, 3.8) is 0 Å². The fourth-order valence-corrected chi connectivity index (χ4v) is 2.09. The van der Waals surface area contributed by atoms with Crippen LogP contribution in [0.4, 0.5) is 0 Å². The standard InChI is InChI=1S/C15H15N5O3/c1-9-6-13(20-23-9)15(22)17-5-4-16-14(21)10-2-3-11-12(7-10)19-8-18-11/h2-3,6-8H,4-5H2,1H3,(H,16,21)(H,17,22)(H,18,19). The summed E-state index contributed by atoms with van der Waals surface area (Å²) >= 11 is 0. The Morgan fingerprint density at radius 1 is 1.17 bits per heavy atom. The highest BCUT2D eigenvalue weighted by atomic mass is 16.5. The first-order chi connectivity index (χ1) is 11.1. The molecule has 118 valence electrons. The number of hydrogen-bond acceptors (Lipinski definition) is 5. The van der Waals surface area contributed by atoms with Gasteiger partial charge in [0.05, 0.1) is 17.4 Å². The summed E-state index contributed by atoms with van der Waals surface area (Å²) in [4.78, 5) is 30.8. The molecule has 0 fully saturated rings. The predicted octanol–water partition coefficient (Wildman–Crippen LogP) is 1.02. The van der Waals surface area contributed by atoms with Gasteiger partial charge in [-0.25, -0.2) is 4.98 Å². The van der Waals surface area contributed by atoms with Crippen molar-refractivity contribution in [2.45, 2.75) is 6.92 Å². The summed E-state index contributed by atoms with van der Waals surface area (Å²) in [7, 11) is 0. The highest BCUT2D eigenvalue weighted by Crippen LogP contribution is 2.11. The number of hydrogen-bond donors (Lipinski definition) is 3. The fraction of sp³-hybridized carbons (Fsp3) is 0.200. The summed E-state index contributed by atoms with van der Waals surface area (Å²) in [5.41, 5.74) is 2.35. The van der Waals surface area contributed by atoms with Crippen LogP contribution < -0.4 is 10.6 Å². The van der Waals surface area contributed by atoms with Gasteiger partial charge in [0.2, 0.25) is 0 Å².